The zero-order chi connectivity index (χ0) is 13.0. The predicted molar refractivity (Wildman–Crippen MR) is 61.7 cm³/mol. The summed E-state index contributed by atoms with van der Waals surface area (Å²) >= 11 is 0. The Kier molecular flexibility index (Phi) is 4.51. The molecule has 0 radical (unpaired) electrons. The van der Waals surface area contributed by atoms with E-state index in [1.54, 1.807) is 20.2 Å². The maximum atomic E-state index is 11.9. The molecule has 2 amide bonds. The molecule has 1 saturated heterocycles. The molecule has 1 aliphatic heterocycles. The summed E-state index contributed by atoms with van der Waals surface area (Å²) in [5.74, 6) is -1.58. The molecular formula is C11H18N2O4. The van der Waals surface area contributed by atoms with Gasteiger partial charge in [-0.1, -0.05) is 6.08 Å². The van der Waals surface area contributed by atoms with Crippen LogP contribution in [0.2, 0.25) is 0 Å². The third-order valence-corrected chi connectivity index (χ3v) is 2.90. The highest BCUT2D eigenvalue weighted by Gasteiger charge is 2.39. The molecular weight excluding hydrogens is 224 g/mol. The number of carboxylic acids is 1. The van der Waals surface area contributed by atoms with Gasteiger partial charge in [0, 0.05) is 20.6 Å². The highest BCUT2D eigenvalue weighted by Crippen LogP contribution is 2.19. The molecule has 1 rings (SSSR count). The van der Waals surface area contributed by atoms with E-state index in [1.165, 1.54) is 9.80 Å². The van der Waals surface area contributed by atoms with Crippen molar-refractivity contribution in [1.82, 2.24) is 9.80 Å². The third-order valence-electron chi connectivity index (χ3n) is 2.90. The molecule has 1 N–H and O–H groups in total. The molecule has 17 heavy (non-hydrogen) atoms. The van der Waals surface area contributed by atoms with Crippen LogP contribution < -0.4 is 0 Å². The van der Waals surface area contributed by atoms with Crippen molar-refractivity contribution in [2.75, 3.05) is 33.9 Å². The van der Waals surface area contributed by atoms with Crippen molar-refractivity contribution < 1.29 is 19.4 Å². The van der Waals surface area contributed by atoms with Crippen molar-refractivity contribution in [3.8, 4) is 0 Å². The van der Waals surface area contributed by atoms with E-state index in [9.17, 15) is 9.59 Å². The van der Waals surface area contributed by atoms with Gasteiger partial charge in [-0.2, -0.15) is 0 Å². The monoisotopic (exact) mass is 242 g/mol. The van der Waals surface area contributed by atoms with Gasteiger partial charge in [-0.25, -0.2) is 4.79 Å². The van der Waals surface area contributed by atoms with Crippen LogP contribution in [0.15, 0.2) is 12.7 Å². The number of rotatable bonds is 4. The Bertz CT molecular complexity index is 319. The molecule has 1 aliphatic rings. The number of carboxylic acid groups (broad SMARTS) is 1. The largest absolute Gasteiger partial charge is 0.481 e. The average molecular weight is 242 g/mol. The van der Waals surface area contributed by atoms with Crippen LogP contribution in [0.1, 0.15) is 0 Å². The highest BCUT2D eigenvalue weighted by molar-refractivity contribution is 5.77. The minimum Gasteiger partial charge on any atom is -0.481 e. The average Bonchev–Trinajstić information content (AvgIpc) is 2.76. The number of nitrogens with zero attached hydrogens (tertiary/aromatic N) is 2. The fourth-order valence-electron chi connectivity index (χ4n) is 1.84. The SMILES string of the molecule is C=CCN(C)C(=O)N(C)C1COCC1C(=O)O. The van der Waals surface area contributed by atoms with Gasteiger partial charge in [0.1, 0.15) is 5.92 Å². The van der Waals surface area contributed by atoms with Gasteiger partial charge in [0.05, 0.1) is 19.3 Å². The Morgan fingerprint density at radius 2 is 2.12 bits per heavy atom. The smallest absolute Gasteiger partial charge is 0.320 e. The van der Waals surface area contributed by atoms with Crippen LogP contribution in [0, 0.1) is 5.92 Å². The maximum Gasteiger partial charge on any atom is 0.320 e. The Labute approximate surface area is 100 Å². The fraction of sp³-hybridized carbons (Fsp3) is 0.636. The lowest BCUT2D eigenvalue weighted by Gasteiger charge is -2.30. The highest BCUT2D eigenvalue weighted by atomic mass is 16.5. The first kappa shape index (κ1) is 13.5. The van der Waals surface area contributed by atoms with Crippen LogP contribution >= 0.6 is 0 Å². The van der Waals surface area contributed by atoms with Crippen molar-refractivity contribution in [1.29, 1.82) is 0 Å². The Morgan fingerprint density at radius 3 is 2.65 bits per heavy atom. The summed E-state index contributed by atoms with van der Waals surface area (Å²) in [5, 5.41) is 9.01. The number of likely N-dealkylation sites (N-methyl/N-ethyl adjacent to an activating group) is 2. The van der Waals surface area contributed by atoms with Gasteiger partial charge in [0.15, 0.2) is 0 Å². The topological polar surface area (TPSA) is 70.1 Å². The van der Waals surface area contributed by atoms with Crippen molar-refractivity contribution in [3.05, 3.63) is 12.7 Å². The van der Waals surface area contributed by atoms with Crippen molar-refractivity contribution >= 4 is 12.0 Å². The summed E-state index contributed by atoms with van der Waals surface area (Å²) in [6.07, 6.45) is 1.62. The zero-order valence-electron chi connectivity index (χ0n) is 10.1. The summed E-state index contributed by atoms with van der Waals surface area (Å²) in [7, 11) is 3.24. The first-order chi connectivity index (χ1) is 7.99. The number of ether oxygens (including phenoxy) is 1. The van der Waals surface area contributed by atoms with Gasteiger partial charge in [-0.05, 0) is 0 Å². The normalized spacial score (nSPS) is 23.2. The Morgan fingerprint density at radius 1 is 1.47 bits per heavy atom. The second-order valence-corrected chi connectivity index (χ2v) is 4.11. The molecule has 0 bridgehead atoms. The summed E-state index contributed by atoms with van der Waals surface area (Å²) in [6.45, 7) is 4.40. The summed E-state index contributed by atoms with van der Waals surface area (Å²) in [4.78, 5) is 25.8. The van der Waals surface area contributed by atoms with Crippen LogP contribution in [0.4, 0.5) is 4.79 Å². The molecule has 0 aromatic heterocycles. The molecule has 0 aromatic rings. The van der Waals surface area contributed by atoms with Crippen LogP contribution in [-0.4, -0.2) is 66.8 Å². The van der Waals surface area contributed by atoms with Crippen LogP contribution in [0.25, 0.3) is 0 Å². The van der Waals surface area contributed by atoms with E-state index < -0.39 is 17.9 Å². The van der Waals surface area contributed by atoms with E-state index in [0.717, 1.165) is 0 Å². The Balaban J connectivity index is 2.68. The quantitative estimate of drug-likeness (QED) is 0.718. The molecule has 1 heterocycles. The maximum absolute atomic E-state index is 11.9. The van der Waals surface area contributed by atoms with E-state index in [2.05, 4.69) is 6.58 Å². The number of carbonyl (C=O) groups is 2. The summed E-state index contributed by atoms with van der Waals surface area (Å²) < 4.78 is 5.13. The second-order valence-electron chi connectivity index (χ2n) is 4.11. The first-order valence-corrected chi connectivity index (χ1v) is 5.38. The number of aliphatic carboxylic acids is 1. The van der Waals surface area contributed by atoms with Crippen LogP contribution in [0.3, 0.4) is 0 Å². The molecule has 96 valence electrons. The molecule has 0 aliphatic carbocycles. The van der Waals surface area contributed by atoms with Gasteiger partial charge in [0.25, 0.3) is 0 Å². The zero-order valence-corrected chi connectivity index (χ0v) is 10.1. The van der Waals surface area contributed by atoms with Crippen molar-refractivity contribution in [2.45, 2.75) is 6.04 Å². The molecule has 2 unspecified atom stereocenters. The predicted octanol–water partition coefficient (Wildman–Crippen LogP) is 0.256. The third kappa shape index (κ3) is 2.97. The van der Waals surface area contributed by atoms with Crippen LogP contribution in [0.5, 0.6) is 0 Å². The molecule has 6 nitrogen and oxygen atoms in total. The first-order valence-electron chi connectivity index (χ1n) is 5.38. The van der Waals surface area contributed by atoms with Gasteiger partial charge >= 0.3 is 12.0 Å². The standard InChI is InChI=1S/C11H18N2O4/c1-4-5-12(2)11(16)13(3)9-7-17-6-8(9)10(14)15/h4,8-9H,1,5-7H2,2-3H3,(H,14,15). The van der Waals surface area contributed by atoms with E-state index in [1.807, 2.05) is 0 Å². The van der Waals surface area contributed by atoms with Crippen LogP contribution in [-0.2, 0) is 9.53 Å². The molecule has 0 aromatic carbocycles. The minimum absolute atomic E-state index is 0.156. The van der Waals surface area contributed by atoms with Gasteiger partial charge in [0.2, 0.25) is 0 Å². The number of hydrogen-bond donors (Lipinski definition) is 1. The second kappa shape index (κ2) is 5.67. The molecule has 0 spiro atoms. The molecule has 6 heteroatoms. The van der Waals surface area contributed by atoms with E-state index in [-0.39, 0.29) is 19.2 Å². The number of hydrogen-bond acceptors (Lipinski definition) is 3. The lowest BCUT2D eigenvalue weighted by molar-refractivity contribution is -0.142. The summed E-state index contributed by atoms with van der Waals surface area (Å²) in [5.41, 5.74) is 0. The fourth-order valence-corrected chi connectivity index (χ4v) is 1.84. The van der Waals surface area contributed by atoms with Crippen molar-refractivity contribution in [3.63, 3.8) is 0 Å². The number of carbonyl (C=O) groups excluding carboxylic acids is 1. The van der Waals surface area contributed by atoms with E-state index in [4.69, 9.17) is 9.84 Å². The van der Waals surface area contributed by atoms with Gasteiger partial charge < -0.3 is 19.6 Å². The van der Waals surface area contributed by atoms with E-state index in [0.29, 0.717) is 6.54 Å². The van der Waals surface area contributed by atoms with Gasteiger partial charge in [-0.15, -0.1) is 6.58 Å². The summed E-state index contributed by atoms with van der Waals surface area (Å²) in [6, 6.07) is -0.640. The lowest BCUT2D eigenvalue weighted by Crippen LogP contribution is -2.48. The Hall–Kier alpha value is -1.56. The number of urea groups is 1. The van der Waals surface area contributed by atoms with E-state index >= 15 is 0 Å². The molecule has 0 saturated carbocycles. The lowest BCUT2D eigenvalue weighted by atomic mass is 10.0. The molecule has 1 fully saturated rings. The number of amides is 2. The minimum atomic E-state index is -0.932. The molecule has 2 atom stereocenters. The van der Waals surface area contributed by atoms with Gasteiger partial charge in [-0.3, -0.25) is 4.79 Å². The van der Waals surface area contributed by atoms with Crippen molar-refractivity contribution in [2.24, 2.45) is 5.92 Å².